The van der Waals surface area contributed by atoms with Gasteiger partial charge < -0.3 is 20.3 Å². The first-order chi connectivity index (χ1) is 24.5. The van der Waals surface area contributed by atoms with E-state index in [1.807, 2.05) is 12.1 Å². The topological polar surface area (TPSA) is 154 Å². The zero-order chi connectivity index (χ0) is 35.9. The van der Waals surface area contributed by atoms with Crippen LogP contribution in [-0.4, -0.2) is 83.6 Å². The molecule has 0 radical (unpaired) electrons. The van der Waals surface area contributed by atoms with Crippen molar-refractivity contribution in [1.29, 1.82) is 0 Å². The number of carbonyl (C=O) groups excluding carboxylic acids is 4. The normalized spacial score (nSPS) is 31.7. The molecule has 4 bridgehead atoms. The summed E-state index contributed by atoms with van der Waals surface area (Å²) in [5.41, 5.74) is 1.76. The third-order valence-corrected chi connectivity index (χ3v) is 13.6. The second-order valence-electron chi connectivity index (χ2n) is 15.5. The zero-order valence-corrected chi connectivity index (χ0v) is 30.3. The molecular formula is C38H51N5O7S. The molecule has 276 valence electrons. The number of fused-ring (bicyclic) bond motifs is 3. The number of amides is 4. The Bertz CT molecular complexity index is 1700. The Morgan fingerprint density at radius 2 is 1.82 bits per heavy atom. The van der Waals surface area contributed by atoms with Crippen LogP contribution in [0.15, 0.2) is 36.9 Å². The second-order valence-corrected chi connectivity index (χ2v) is 17.5. The predicted octanol–water partition coefficient (Wildman–Crippen LogP) is 3.90. The Labute approximate surface area is 300 Å². The van der Waals surface area contributed by atoms with Crippen LogP contribution in [0.25, 0.3) is 6.08 Å². The van der Waals surface area contributed by atoms with Crippen LogP contribution < -0.4 is 15.4 Å². The summed E-state index contributed by atoms with van der Waals surface area (Å²) in [7, 11) is -3.85. The van der Waals surface area contributed by atoms with Crippen LogP contribution in [0.2, 0.25) is 0 Å². The summed E-state index contributed by atoms with van der Waals surface area (Å²) in [6.07, 6.45) is 13.6. The molecule has 1 aromatic carbocycles. The fraction of sp³-hybridized carbons (Fsp3) is 0.632. The van der Waals surface area contributed by atoms with E-state index in [1.165, 1.54) is 4.90 Å². The molecule has 13 heteroatoms. The standard InChI is InChI=1S/C38H51N5O7S/c1-3-28-20-38(28,36(46)41-51(48,49)30-17-18-30)40-34(44)32-19-29-22-43(32)35(45)33(26-13-8-9-14-26)39-24(2)11-6-4-5-7-12-25-15-10-16-27-21-42(23-31(25)27)37(47)50-29/h3,7,10,12,15-16,24,26,28-30,32-33,39H,1,4-6,8-9,11,13-14,17-23H2,2H3,(H,40,44)(H,41,46)/t24?,28-,29-,32+,33+,38-/m1/s1. The number of nitrogens with one attached hydrogen (secondary N) is 3. The maximum absolute atomic E-state index is 14.7. The van der Waals surface area contributed by atoms with Crippen molar-refractivity contribution in [2.45, 2.75) is 132 Å². The maximum Gasteiger partial charge on any atom is 0.410 e. The summed E-state index contributed by atoms with van der Waals surface area (Å²) in [5, 5.41) is 5.89. The zero-order valence-electron chi connectivity index (χ0n) is 29.5. The highest BCUT2D eigenvalue weighted by atomic mass is 32.2. The minimum absolute atomic E-state index is 0.0386. The van der Waals surface area contributed by atoms with Crippen molar-refractivity contribution in [2.24, 2.45) is 11.8 Å². The average Bonchev–Trinajstić information content (AvgIpc) is 3.88. The van der Waals surface area contributed by atoms with Crippen molar-refractivity contribution in [1.82, 2.24) is 25.2 Å². The summed E-state index contributed by atoms with van der Waals surface area (Å²) < 4.78 is 33.6. The van der Waals surface area contributed by atoms with Crippen LogP contribution in [0.3, 0.4) is 0 Å². The highest BCUT2D eigenvalue weighted by Gasteiger charge is 2.62. The number of nitrogens with zero attached hydrogens (tertiary/aromatic N) is 2. The molecule has 3 aliphatic carbocycles. The molecule has 12 nitrogen and oxygen atoms in total. The third kappa shape index (κ3) is 7.46. The van der Waals surface area contributed by atoms with E-state index in [1.54, 1.807) is 11.0 Å². The van der Waals surface area contributed by atoms with Gasteiger partial charge in [0.25, 0.3) is 5.91 Å². The van der Waals surface area contributed by atoms with Crippen molar-refractivity contribution in [3.63, 3.8) is 0 Å². The van der Waals surface area contributed by atoms with Gasteiger partial charge in [-0.25, -0.2) is 13.2 Å². The van der Waals surface area contributed by atoms with E-state index in [-0.39, 0.29) is 37.3 Å². The Kier molecular flexibility index (Phi) is 10.1. The smallest absolute Gasteiger partial charge is 0.410 e. The fourth-order valence-electron chi connectivity index (χ4n) is 8.54. The van der Waals surface area contributed by atoms with E-state index in [9.17, 15) is 27.6 Å². The minimum Gasteiger partial charge on any atom is -0.444 e. The van der Waals surface area contributed by atoms with Gasteiger partial charge in [0.1, 0.15) is 17.7 Å². The van der Waals surface area contributed by atoms with Crippen molar-refractivity contribution in [2.75, 3.05) is 6.54 Å². The number of hydrogen-bond donors (Lipinski definition) is 3. The highest BCUT2D eigenvalue weighted by Crippen LogP contribution is 2.45. The molecular weight excluding hydrogens is 671 g/mol. The number of carbonyl (C=O) groups is 4. The Morgan fingerprint density at radius 3 is 2.55 bits per heavy atom. The van der Waals surface area contributed by atoms with Crippen LogP contribution in [0.5, 0.6) is 0 Å². The lowest BCUT2D eigenvalue weighted by Crippen LogP contribution is -2.59. The molecule has 1 unspecified atom stereocenters. The van der Waals surface area contributed by atoms with E-state index in [0.717, 1.165) is 68.1 Å². The summed E-state index contributed by atoms with van der Waals surface area (Å²) in [6.45, 7) is 6.76. The number of sulfonamides is 1. The maximum atomic E-state index is 14.7. The van der Waals surface area contributed by atoms with Gasteiger partial charge in [0.2, 0.25) is 21.8 Å². The summed E-state index contributed by atoms with van der Waals surface area (Å²) in [4.78, 5) is 59.2. The first kappa shape index (κ1) is 35.7. The van der Waals surface area contributed by atoms with Gasteiger partial charge in [-0.1, -0.05) is 55.7 Å². The summed E-state index contributed by atoms with van der Waals surface area (Å²) in [6, 6.07) is 4.62. The molecule has 51 heavy (non-hydrogen) atoms. The van der Waals surface area contributed by atoms with Gasteiger partial charge in [-0.05, 0) is 80.9 Å². The van der Waals surface area contributed by atoms with Crippen LogP contribution in [0.4, 0.5) is 4.79 Å². The predicted molar refractivity (Wildman–Crippen MR) is 191 cm³/mol. The van der Waals surface area contributed by atoms with E-state index in [4.69, 9.17) is 4.74 Å². The van der Waals surface area contributed by atoms with Gasteiger partial charge in [-0.2, -0.15) is 0 Å². The van der Waals surface area contributed by atoms with Crippen molar-refractivity contribution < 1.29 is 32.3 Å². The highest BCUT2D eigenvalue weighted by molar-refractivity contribution is 7.91. The SMILES string of the molecule is C=C[C@@H]1C[C@]1(NC(=O)[C@@H]1C[C@@H]2CN1C(=O)[C@H](C1CCCC1)NC(C)CCCCC=Cc1cccc3c1CN(C3)C(=O)O2)C(=O)NS(=O)(=O)C1CC1. The molecule has 3 saturated carbocycles. The largest absolute Gasteiger partial charge is 0.444 e. The molecule has 4 amide bonds. The number of rotatable bonds is 7. The summed E-state index contributed by atoms with van der Waals surface area (Å²) >= 11 is 0. The van der Waals surface area contributed by atoms with Gasteiger partial charge in [0.05, 0.1) is 24.4 Å². The molecule has 6 atom stereocenters. The Hall–Kier alpha value is -3.71. The molecule has 7 rings (SSSR count). The molecule has 4 fully saturated rings. The van der Waals surface area contributed by atoms with Gasteiger partial charge in [0, 0.05) is 24.9 Å². The van der Waals surface area contributed by atoms with Gasteiger partial charge >= 0.3 is 6.09 Å². The van der Waals surface area contributed by atoms with Crippen molar-refractivity contribution >= 4 is 39.9 Å². The quantitative estimate of drug-likeness (QED) is 0.359. The average molecular weight is 722 g/mol. The van der Waals surface area contributed by atoms with Crippen molar-refractivity contribution in [3.8, 4) is 0 Å². The van der Waals surface area contributed by atoms with E-state index >= 15 is 0 Å². The van der Waals surface area contributed by atoms with Gasteiger partial charge in [-0.3, -0.25) is 24.0 Å². The number of benzene rings is 1. The first-order valence-corrected chi connectivity index (χ1v) is 20.3. The monoisotopic (exact) mass is 721 g/mol. The van der Waals surface area contributed by atoms with E-state index in [0.29, 0.717) is 25.9 Å². The van der Waals surface area contributed by atoms with Gasteiger partial charge in [0.15, 0.2) is 0 Å². The van der Waals surface area contributed by atoms with E-state index in [2.05, 4.69) is 47.1 Å². The van der Waals surface area contributed by atoms with E-state index < -0.39 is 62.8 Å². The van der Waals surface area contributed by atoms with Crippen LogP contribution in [0, 0.1) is 11.8 Å². The lowest BCUT2D eigenvalue weighted by molar-refractivity contribution is -0.142. The second kappa shape index (κ2) is 14.4. The lowest BCUT2D eigenvalue weighted by Gasteiger charge is -2.33. The third-order valence-electron chi connectivity index (χ3n) is 11.8. The summed E-state index contributed by atoms with van der Waals surface area (Å²) in [5.74, 6) is -1.93. The molecule has 3 aliphatic heterocycles. The van der Waals surface area contributed by atoms with Crippen LogP contribution in [0.1, 0.15) is 101 Å². The molecule has 1 saturated heterocycles. The van der Waals surface area contributed by atoms with Crippen LogP contribution >= 0.6 is 0 Å². The van der Waals surface area contributed by atoms with Gasteiger partial charge in [-0.15, -0.1) is 6.58 Å². The number of hydrogen-bond acceptors (Lipinski definition) is 8. The molecule has 0 spiro atoms. The molecule has 3 N–H and O–H groups in total. The fourth-order valence-corrected chi connectivity index (χ4v) is 9.90. The Balaban J connectivity index is 1.15. The Morgan fingerprint density at radius 1 is 1.06 bits per heavy atom. The first-order valence-electron chi connectivity index (χ1n) is 18.8. The molecule has 1 aromatic rings. The minimum atomic E-state index is -3.85. The molecule has 3 heterocycles. The van der Waals surface area contributed by atoms with Crippen molar-refractivity contribution in [3.05, 3.63) is 53.6 Å². The van der Waals surface area contributed by atoms with Crippen LogP contribution in [-0.2, 0) is 42.2 Å². The molecule has 0 aromatic heterocycles. The number of ether oxygens (including phenoxy) is 1. The lowest BCUT2D eigenvalue weighted by atomic mass is 9.94. The number of allylic oxidation sites excluding steroid dienone is 1. The molecule has 6 aliphatic rings.